The molecule has 0 saturated heterocycles. The van der Waals surface area contributed by atoms with Crippen molar-refractivity contribution in [2.75, 3.05) is 6.54 Å². The second-order valence-electron chi connectivity index (χ2n) is 3.30. The molecular formula is C10H8Cl2N4. The molecule has 2 heterocycles. The highest BCUT2D eigenvalue weighted by Gasteiger charge is 2.07. The summed E-state index contributed by atoms with van der Waals surface area (Å²) in [6, 6.07) is 0. The van der Waals surface area contributed by atoms with Crippen molar-refractivity contribution < 1.29 is 0 Å². The van der Waals surface area contributed by atoms with Crippen molar-refractivity contribution in [3.8, 4) is 0 Å². The van der Waals surface area contributed by atoms with Gasteiger partial charge in [0.15, 0.2) is 5.82 Å². The Balaban J connectivity index is 2.44. The van der Waals surface area contributed by atoms with Gasteiger partial charge in [0.05, 0.1) is 6.54 Å². The molecule has 82 valence electrons. The Bertz CT molecular complexity index is 485. The van der Waals surface area contributed by atoms with E-state index in [1.807, 2.05) is 19.1 Å². The van der Waals surface area contributed by atoms with E-state index in [0.29, 0.717) is 12.4 Å². The molecule has 1 aromatic heterocycles. The van der Waals surface area contributed by atoms with Crippen molar-refractivity contribution in [1.82, 2.24) is 15.0 Å². The Morgan fingerprint density at radius 1 is 1.06 bits per heavy atom. The van der Waals surface area contributed by atoms with Gasteiger partial charge in [0, 0.05) is 11.8 Å². The van der Waals surface area contributed by atoms with Gasteiger partial charge in [0.1, 0.15) is 0 Å². The summed E-state index contributed by atoms with van der Waals surface area (Å²) in [6.07, 6.45) is 5.55. The lowest BCUT2D eigenvalue weighted by atomic mass is 10.2. The number of halogens is 2. The number of hydrogen-bond acceptors (Lipinski definition) is 4. The Labute approximate surface area is 103 Å². The molecule has 0 atom stereocenters. The Morgan fingerprint density at radius 2 is 1.75 bits per heavy atom. The monoisotopic (exact) mass is 254 g/mol. The third-order valence-electron chi connectivity index (χ3n) is 1.96. The lowest BCUT2D eigenvalue weighted by Gasteiger charge is -1.99. The van der Waals surface area contributed by atoms with Crippen LogP contribution in [-0.2, 0) is 0 Å². The van der Waals surface area contributed by atoms with Crippen LogP contribution >= 0.6 is 23.2 Å². The van der Waals surface area contributed by atoms with Gasteiger partial charge in [-0.2, -0.15) is 15.0 Å². The first kappa shape index (κ1) is 11.2. The first-order chi connectivity index (χ1) is 7.65. The van der Waals surface area contributed by atoms with Gasteiger partial charge in [-0.3, -0.25) is 4.99 Å². The zero-order valence-corrected chi connectivity index (χ0v) is 10.00. The third kappa shape index (κ3) is 2.65. The third-order valence-corrected chi connectivity index (χ3v) is 2.30. The van der Waals surface area contributed by atoms with E-state index in [0.717, 1.165) is 11.1 Å². The summed E-state index contributed by atoms with van der Waals surface area (Å²) in [4.78, 5) is 15.9. The second kappa shape index (κ2) is 4.72. The van der Waals surface area contributed by atoms with E-state index in [1.54, 1.807) is 6.21 Å². The molecule has 16 heavy (non-hydrogen) atoms. The van der Waals surface area contributed by atoms with Crippen LogP contribution in [0.3, 0.4) is 0 Å². The summed E-state index contributed by atoms with van der Waals surface area (Å²) in [5, 5.41) is 0.156. The van der Waals surface area contributed by atoms with Crippen LogP contribution in [-0.4, -0.2) is 27.7 Å². The summed E-state index contributed by atoms with van der Waals surface area (Å²) in [7, 11) is 0. The van der Waals surface area contributed by atoms with Gasteiger partial charge in [-0.1, -0.05) is 11.6 Å². The molecule has 1 aliphatic rings. The topological polar surface area (TPSA) is 51.0 Å². The molecule has 2 rings (SSSR count). The quantitative estimate of drug-likeness (QED) is 0.774. The van der Waals surface area contributed by atoms with E-state index in [2.05, 4.69) is 19.9 Å². The Hall–Kier alpha value is -1.26. The van der Waals surface area contributed by atoms with Crippen LogP contribution in [0.25, 0.3) is 5.57 Å². The minimum atomic E-state index is 0.0780. The maximum Gasteiger partial charge on any atom is 0.227 e. The molecule has 1 aliphatic heterocycles. The minimum Gasteiger partial charge on any atom is -0.288 e. The summed E-state index contributed by atoms with van der Waals surface area (Å²) in [6.45, 7) is 2.68. The van der Waals surface area contributed by atoms with Gasteiger partial charge >= 0.3 is 0 Å². The summed E-state index contributed by atoms with van der Waals surface area (Å²) in [5.74, 6) is 0.430. The van der Waals surface area contributed by atoms with Crippen LogP contribution in [0.4, 0.5) is 0 Å². The van der Waals surface area contributed by atoms with Crippen molar-refractivity contribution >= 4 is 35.0 Å². The molecule has 0 unspecified atom stereocenters. The maximum absolute atomic E-state index is 5.71. The smallest absolute Gasteiger partial charge is 0.227 e. The highest BCUT2D eigenvalue weighted by molar-refractivity contribution is 6.31. The van der Waals surface area contributed by atoms with Crippen LogP contribution in [0.5, 0.6) is 0 Å². The first-order valence-electron chi connectivity index (χ1n) is 4.60. The number of rotatable bonds is 1. The standard InChI is InChI=1S/C10H8Cl2N4/c1-6-2-3-7(5-13-4-6)8-14-9(11)16-10(12)15-8/h2-3,5H,4H2,1H3. The molecule has 0 aromatic carbocycles. The van der Waals surface area contributed by atoms with Crippen LogP contribution in [0.1, 0.15) is 12.7 Å². The predicted octanol–water partition coefficient (Wildman–Crippen LogP) is 2.59. The fraction of sp³-hybridized carbons (Fsp3) is 0.200. The zero-order valence-electron chi connectivity index (χ0n) is 8.48. The summed E-state index contributed by atoms with van der Waals surface area (Å²) in [5.41, 5.74) is 1.93. The molecule has 0 fully saturated rings. The molecule has 0 bridgehead atoms. The number of aliphatic imine (C=N–C) groups is 1. The van der Waals surface area contributed by atoms with Crippen LogP contribution in [0, 0.1) is 0 Å². The second-order valence-corrected chi connectivity index (χ2v) is 3.98. The molecule has 1 aromatic rings. The molecule has 0 aliphatic carbocycles. The van der Waals surface area contributed by atoms with Crippen LogP contribution < -0.4 is 0 Å². The maximum atomic E-state index is 5.71. The SMILES string of the molecule is CC1=CC=C(c2nc(Cl)nc(Cl)n2)C=NC1. The average Bonchev–Trinajstić information content (AvgIpc) is 2.41. The van der Waals surface area contributed by atoms with Crippen LogP contribution in [0.2, 0.25) is 10.6 Å². The van der Waals surface area contributed by atoms with E-state index < -0.39 is 0 Å². The molecule has 0 spiro atoms. The van der Waals surface area contributed by atoms with Crippen molar-refractivity contribution in [3.05, 3.63) is 34.1 Å². The van der Waals surface area contributed by atoms with Gasteiger partial charge in [0.2, 0.25) is 10.6 Å². The zero-order chi connectivity index (χ0) is 11.5. The molecular weight excluding hydrogens is 247 g/mol. The highest BCUT2D eigenvalue weighted by atomic mass is 35.5. The number of nitrogens with zero attached hydrogens (tertiary/aromatic N) is 4. The van der Waals surface area contributed by atoms with E-state index in [4.69, 9.17) is 23.2 Å². The van der Waals surface area contributed by atoms with E-state index in [1.165, 1.54) is 0 Å². The van der Waals surface area contributed by atoms with Crippen molar-refractivity contribution in [3.63, 3.8) is 0 Å². The predicted molar refractivity (Wildman–Crippen MR) is 64.9 cm³/mol. The Kier molecular flexibility index (Phi) is 3.31. The minimum absolute atomic E-state index is 0.0780. The average molecular weight is 255 g/mol. The normalized spacial score (nSPS) is 15.4. The van der Waals surface area contributed by atoms with E-state index in [9.17, 15) is 0 Å². The number of aromatic nitrogens is 3. The fourth-order valence-electron chi connectivity index (χ4n) is 1.20. The molecule has 4 nitrogen and oxygen atoms in total. The first-order valence-corrected chi connectivity index (χ1v) is 5.35. The fourth-order valence-corrected chi connectivity index (χ4v) is 1.57. The lowest BCUT2D eigenvalue weighted by Crippen LogP contribution is -1.98. The van der Waals surface area contributed by atoms with Crippen molar-refractivity contribution in [1.29, 1.82) is 0 Å². The van der Waals surface area contributed by atoms with Crippen LogP contribution in [0.15, 0.2) is 22.7 Å². The summed E-state index contributed by atoms with van der Waals surface area (Å²) < 4.78 is 0. The van der Waals surface area contributed by atoms with Gasteiger partial charge in [-0.15, -0.1) is 0 Å². The Morgan fingerprint density at radius 3 is 2.44 bits per heavy atom. The highest BCUT2D eigenvalue weighted by Crippen LogP contribution is 2.15. The molecule has 0 N–H and O–H groups in total. The molecule has 6 heteroatoms. The van der Waals surface area contributed by atoms with E-state index >= 15 is 0 Å². The molecule has 0 radical (unpaired) electrons. The van der Waals surface area contributed by atoms with Crippen molar-refractivity contribution in [2.24, 2.45) is 4.99 Å². The molecule has 0 amide bonds. The summed E-state index contributed by atoms with van der Waals surface area (Å²) >= 11 is 11.4. The van der Waals surface area contributed by atoms with Gasteiger partial charge in [-0.25, -0.2) is 0 Å². The van der Waals surface area contributed by atoms with Crippen molar-refractivity contribution in [2.45, 2.75) is 6.92 Å². The van der Waals surface area contributed by atoms with Gasteiger partial charge in [0.25, 0.3) is 0 Å². The van der Waals surface area contributed by atoms with E-state index in [-0.39, 0.29) is 10.6 Å². The number of allylic oxidation sites excluding steroid dienone is 3. The van der Waals surface area contributed by atoms with Gasteiger partial charge in [-0.05, 0) is 36.2 Å². The number of hydrogen-bond donors (Lipinski definition) is 0. The lowest BCUT2D eigenvalue weighted by molar-refractivity contribution is 1.02. The largest absolute Gasteiger partial charge is 0.288 e. The molecule has 0 saturated carbocycles. The van der Waals surface area contributed by atoms with Gasteiger partial charge < -0.3 is 0 Å².